The van der Waals surface area contributed by atoms with Crippen LogP contribution >= 0.6 is 22.9 Å². The summed E-state index contributed by atoms with van der Waals surface area (Å²) in [5.41, 5.74) is -0.303. The highest BCUT2D eigenvalue weighted by molar-refractivity contribution is 7.14. The molecule has 13 heteroatoms. The highest BCUT2D eigenvalue weighted by Gasteiger charge is 2.31. The van der Waals surface area contributed by atoms with Crippen molar-refractivity contribution in [3.05, 3.63) is 67.7 Å². The molecule has 2 atom stereocenters. The number of ketones is 1. The van der Waals surface area contributed by atoms with Crippen molar-refractivity contribution in [3.63, 3.8) is 0 Å². The van der Waals surface area contributed by atoms with E-state index >= 15 is 0 Å². The van der Waals surface area contributed by atoms with E-state index in [-0.39, 0.29) is 52.4 Å². The van der Waals surface area contributed by atoms with E-state index in [4.69, 9.17) is 30.5 Å². The van der Waals surface area contributed by atoms with Crippen molar-refractivity contribution < 1.29 is 41.7 Å². The Bertz CT molecular complexity index is 1480. The molecule has 226 valence electrons. The lowest BCUT2D eigenvalue weighted by Gasteiger charge is -2.28. The molecule has 3 heterocycles. The van der Waals surface area contributed by atoms with Gasteiger partial charge >= 0.3 is 12.1 Å². The molecule has 1 unspecified atom stereocenters. The number of ether oxygens (including phenoxy) is 4. The van der Waals surface area contributed by atoms with Crippen LogP contribution in [0.4, 0.5) is 13.2 Å². The standard InChI is InChI=1S/C29H29ClF3NO7S/c1-38-25-15-34(27(36)14-21(25)20-11-17(30)6-8-24(20)41-16-29(31,32)33)22(12-18-5-3-4-10-40-18)23(35)13-19-7-9-26(42-19)28(37)39-2/h6-9,11,14-15,18,22H,3-5,10,12-13,16H2,1-2H3/t18-,22?/m0/s1. The fraction of sp³-hybridized carbons (Fsp3) is 0.414. The van der Waals surface area contributed by atoms with Crippen LogP contribution in [-0.4, -0.2) is 56.0 Å². The molecule has 1 fully saturated rings. The lowest BCUT2D eigenvalue weighted by atomic mass is 9.96. The van der Waals surface area contributed by atoms with Crippen molar-refractivity contribution in [1.29, 1.82) is 0 Å². The van der Waals surface area contributed by atoms with Gasteiger partial charge in [0.05, 0.1) is 32.6 Å². The lowest BCUT2D eigenvalue weighted by Crippen LogP contribution is -2.34. The number of esters is 1. The predicted octanol–water partition coefficient (Wildman–Crippen LogP) is 6.28. The van der Waals surface area contributed by atoms with Gasteiger partial charge in [0.2, 0.25) is 0 Å². The molecule has 4 rings (SSSR count). The third-order valence-electron chi connectivity index (χ3n) is 6.75. The van der Waals surface area contributed by atoms with Crippen molar-refractivity contribution in [3.8, 4) is 22.6 Å². The number of Topliss-reactive ketones (excluding diaryl/α,β-unsaturated/α-hetero) is 1. The van der Waals surface area contributed by atoms with Crippen molar-refractivity contribution in [1.82, 2.24) is 4.57 Å². The maximum Gasteiger partial charge on any atom is 0.422 e. The summed E-state index contributed by atoms with van der Waals surface area (Å²) in [5, 5.41) is 0.209. The van der Waals surface area contributed by atoms with E-state index in [9.17, 15) is 27.6 Å². The van der Waals surface area contributed by atoms with Gasteiger partial charge in [-0.25, -0.2) is 4.79 Å². The number of methoxy groups -OCH3 is 2. The molecule has 1 saturated heterocycles. The molecular weight excluding hydrogens is 599 g/mol. The van der Waals surface area contributed by atoms with E-state index in [1.807, 2.05) is 0 Å². The molecule has 0 bridgehead atoms. The van der Waals surface area contributed by atoms with Crippen molar-refractivity contribution in [2.24, 2.45) is 0 Å². The maximum absolute atomic E-state index is 13.7. The Labute approximate surface area is 248 Å². The summed E-state index contributed by atoms with van der Waals surface area (Å²) in [5.74, 6) is -0.812. The maximum atomic E-state index is 13.7. The minimum atomic E-state index is -4.58. The van der Waals surface area contributed by atoms with Gasteiger partial charge in [-0.1, -0.05) is 11.6 Å². The van der Waals surface area contributed by atoms with E-state index in [0.29, 0.717) is 16.4 Å². The molecule has 3 aromatic rings. The lowest BCUT2D eigenvalue weighted by molar-refractivity contribution is -0.153. The van der Waals surface area contributed by atoms with E-state index < -0.39 is 30.4 Å². The number of rotatable bonds is 11. The number of hydrogen-bond donors (Lipinski definition) is 0. The summed E-state index contributed by atoms with van der Waals surface area (Å²) in [7, 11) is 2.61. The van der Waals surface area contributed by atoms with Crippen LogP contribution < -0.4 is 15.0 Å². The number of nitrogens with zero attached hydrogens (tertiary/aromatic N) is 1. The fourth-order valence-corrected chi connectivity index (χ4v) is 5.87. The van der Waals surface area contributed by atoms with Gasteiger partial charge < -0.3 is 23.5 Å². The number of carbonyl (C=O) groups excluding carboxylic acids is 2. The van der Waals surface area contributed by atoms with Crippen molar-refractivity contribution in [2.75, 3.05) is 27.4 Å². The Morgan fingerprint density at radius 3 is 2.55 bits per heavy atom. The monoisotopic (exact) mass is 627 g/mol. The van der Waals surface area contributed by atoms with Crippen LogP contribution in [0.1, 0.15) is 46.3 Å². The molecule has 0 N–H and O–H groups in total. The number of alkyl halides is 3. The molecule has 1 aliphatic rings. The number of benzene rings is 1. The molecule has 0 spiro atoms. The average Bonchev–Trinajstić information content (AvgIpc) is 3.43. The second-order valence-electron chi connectivity index (χ2n) is 9.69. The summed E-state index contributed by atoms with van der Waals surface area (Å²) >= 11 is 7.27. The first-order chi connectivity index (χ1) is 20.0. The first-order valence-electron chi connectivity index (χ1n) is 13.1. The van der Waals surface area contributed by atoms with Crippen molar-refractivity contribution >= 4 is 34.7 Å². The predicted molar refractivity (Wildman–Crippen MR) is 151 cm³/mol. The molecular formula is C29H29ClF3NO7S. The first kappa shape index (κ1) is 31.6. The molecule has 0 aliphatic carbocycles. The Kier molecular flexibility index (Phi) is 10.3. The summed E-state index contributed by atoms with van der Waals surface area (Å²) in [6.45, 7) is -0.995. The number of carbonyl (C=O) groups is 2. The highest BCUT2D eigenvalue weighted by Crippen LogP contribution is 2.38. The number of hydrogen-bond acceptors (Lipinski definition) is 8. The summed E-state index contributed by atoms with van der Waals surface area (Å²) in [4.78, 5) is 40.1. The van der Waals surface area contributed by atoms with Gasteiger partial charge in [0, 0.05) is 46.5 Å². The molecule has 2 aromatic heterocycles. The SMILES string of the molecule is COC(=O)c1ccc(CC(=O)C(C[C@@H]2CCCCO2)n2cc(OC)c(-c3cc(Cl)ccc3OCC(F)(F)F)cc2=O)s1. The normalized spacial score (nSPS) is 16.1. The topological polar surface area (TPSA) is 93.1 Å². The summed E-state index contributed by atoms with van der Waals surface area (Å²) in [6, 6.07) is 7.52. The zero-order valence-electron chi connectivity index (χ0n) is 22.9. The first-order valence-corrected chi connectivity index (χ1v) is 14.3. The third kappa shape index (κ3) is 7.93. The molecule has 1 aromatic carbocycles. The van der Waals surface area contributed by atoms with E-state index in [1.54, 1.807) is 12.1 Å². The molecule has 0 saturated carbocycles. The van der Waals surface area contributed by atoms with Crippen LogP contribution in [0.2, 0.25) is 5.02 Å². The van der Waals surface area contributed by atoms with Gasteiger partial charge in [-0.05, 0) is 49.6 Å². The Morgan fingerprint density at radius 1 is 1.12 bits per heavy atom. The minimum absolute atomic E-state index is 0.0424. The number of halogens is 4. The largest absolute Gasteiger partial charge is 0.495 e. The average molecular weight is 628 g/mol. The van der Waals surface area contributed by atoms with Gasteiger partial charge in [0.15, 0.2) is 12.4 Å². The fourth-order valence-electron chi connectivity index (χ4n) is 4.76. The van der Waals surface area contributed by atoms with Crippen LogP contribution in [0.15, 0.2) is 47.4 Å². The number of thiophene rings is 1. The Balaban J connectivity index is 1.72. The molecule has 8 nitrogen and oxygen atoms in total. The van der Waals surface area contributed by atoms with E-state index in [1.165, 1.54) is 49.2 Å². The second-order valence-corrected chi connectivity index (χ2v) is 11.3. The van der Waals surface area contributed by atoms with Crippen LogP contribution in [0.5, 0.6) is 11.5 Å². The number of aromatic nitrogens is 1. The van der Waals surface area contributed by atoms with Gasteiger partial charge in [-0.3, -0.25) is 9.59 Å². The van der Waals surface area contributed by atoms with E-state index in [0.717, 1.165) is 30.6 Å². The molecule has 1 aliphatic heterocycles. The third-order valence-corrected chi connectivity index (χ3v) is 8.05. The van der Waals surface area contributed by atoms with Gasteiger partial charge in [-0.2, -0.15) is 13.2 Å². The smallest absolute Gasteiger partial charge is 0.422 e. The van der Waals surface area contributed by atoms with Crippen LogP contribution in [-0.2, 0) is 20.7 Å². The van der Waals surface area contributed by atoms with E-state index in [2.05, 4.69) is 0 Å². The second kappa shape index (κ2) is 13.7. The zero-order valence-corrected chi connectivity index (χ0v) is 24.4. The minimum Gasteiger partial charge on any atom is -0.495 e. The van der Waals surface area contributed by atoms with Crippen molar-refractivity contribution in [2.45, 2.75) is 50.4 Å². The summed E-state index contributed by atoms with van der Waals surface area (Å²) in [6.07, 6.45) is -0.734. The number of pyridine rings is 1. The van der Waals surface area contributed by atoms with Gasteiger partial charge in [0.25, 0.3) is 5.56 Å². The highest BCUT2D eigenvalue weighted by atomic mass is 35.5. The van der Waals surface area contributed by atoms with Gasteiger partial charge in [0.1, 0.15) is 16.4 Å². The Morgan fingerprint density at radius 2 is 1.88 bits per heavy atom. The quantitative estimate of drug-likeness (QED) is 0.231. The zero-order chi connectivity index (χ0) is 30.4. The van der Waals surface area contributed by atoms with Crippen LogP contribution in [0, 0.1) is 0 Å². The molecule has 0 radical (unpaired) electrons. The van der Waals surface area contributed by atoms with Crippen LogP contribution in [0.25, 0.3) is 11.1 Å². The van der Waals surface area contributed by atoms with Crippen LogP contribution in [0.3, 0.4) is 0 Å². The Hall–Kier alpha value is -3.35. The van der Waals surface area contributed by atoms with Gasteiger partial charge in [-0.15, -0.1) is 11.3 Å². The molecule has 0 amide bonds. The molecule has 42 heavy (non-hydrogen) atoms. The summed E-state index contributed by atoms with van der Waals surface area (Å²) < 4.78 is 61.1.